The largest absolute Gasteiger partial charge is 0.492 e. The molecule has 2 saturated heterocycles. The van der Waals surface area contributed by atoms with Gasteiger partial charge < -0.3 is 14.4 Å². The lowest BCUT2D eigenvalue weighted by Crippen LogP contribution is -2.41. The molecule has 0 aromatic heterocycles. The van der Waals surface area contributed by atoms with Crippen LogP contribution in [0.4, 0.5) is 4.79 Å². The molecule has 198 valence electrons. The van der Waals surface area contributed by atoms with Gasteiger partial charge in [0.25, 0.3) is 0 Å². The third kappa shape index (κ3) is 7.99. The van der Waals surface area contributed by atoms with Gasteiger partial charge in [-0.1, -0.05) is 30.9 Å². The maximum absolute atomic E-state index is 13.3. The smallest absolute Gasteiger partial charge is 0.410 e. The van der Waals surface area contributed by atoms with Crippen molar-refractivity contribution in [1.29, 1.82) is 0 Å². The fourth-order valence-corrected chi connectivity index (χ4v) is 6.83. The van der Waals surface area contributed by atoms with E-state index in [-0.39, 0.29) is 11.0 Å². The second kappa shape index (κ2) is 12.2. The summed E-state index contributed by atoms with van der Waals surface area (Å²) in [7, 11) is -3.64. The molecule has 2 aliphatic heterocycles. The molecule has 1 amide bonds. The van der Waals surface area contributed by atoms with Crippen molar-refractivity contribution in [2.75, 3.05) is 32.8 Å². The molecule has 0 radical (unpaired) electrons. The van der Waals surface area contributed by atoms with E-state index in [9.17, 15) is 13.2 Å². The summed E-state index contributed by atoms with van der Waals surface area (Å²) in [6.45, 7) is 10.5. The van der Waals surface area contributed by atoms with Gasteiger partial charge in [0.15, 0.2) is 0 Å². The van der Waals surface area contributed by atoms with Gasteiger partial charge in [0.05, 0.1) is 6.61 Å². The minimum absolute atomic E-state index is 0.156. The summed E-state index contributed by atoms with van der Waals surface area (Å²) in [5.74, 6) is 1.56. The fourth-order valence-electron chi connectivity index (χ4n) is 4.96. The Morgan fingerprint density at radius 3 is 2.14 bits per heavy atom. The quantitative estimate of drug-likeness (QED) is 0.416. The predicted molar refractivity (Wildman–Crippen MR) is 138 cm³/mol. The lowest BCUT2D eigenvalue weighted by molar-refractivity contribution is 0.0180. The number of hydrogen-bond donors (Lipinski definition) is 0. The Hall–Kier alpha value is -1.51. The molecule has 0 saturated carbocycles. The van der Waals surface area contributed by atoms with E-state index in [0.717, 1.165) is 51.6 Å². The van der Waals surface area contributed by atoms with E-state index in [2.05, 4.69) is 0 Å². The summed E-state index contributed by atoms with van der Waals surface area (Å²) in [4.78, 5) is 14.2. The molecule has 7 nitrogen and oxygen atoms in total. The van der Waals surface area contributed by atoms with Crippen molar-refractivity contribution in [1.82, 2.24) is 9.21 Å². The predicted octanol–water partition coefficient (Wildman–Crippen LogP) is 5.96. The van der Waals surface area contributed by atoms with E-state index >= 15 is 0 Å². The number of likely N-dealkylation sites (tertiary alicyclic amines) is 1. The zero-order valence-corrected chi connectivity index (χ0v) is 23.2. The normalized spacial score (nSPS) is 19.1. The molecule has 0 atom stereocenters. The van der Waals surface area contributed by atoms with E-state index in [1.807, 2.05) is 32.6 Å². The number of piperidine rings is 2. The maximum atomic E-state index is 13.3. The van der Waals surface area contributed by atoms with Crippen molar-refractivity contribution in [3.8, 4) is 5.75 Å². The van der Waals surface area contributed by atoms with Gasteiger partial charge in [-0.15, -0.1) is 0 Å². The van der Waals surface area contributed by atoms with Crippen LogP contribution in [0.3, 0.4) is 0 Å². The summed E-state index contributed by atoms with van der Waals surface area (Å²) in [6, 6.07) is 4.77. The molecule has 2 heterocycles. The van der Waals surface area contributed by atoms with Crippen LogP contribution in [-0.2, 0) is 14.8 Å². The Morgan fingerprint density at radius 2 is 1.60 bits per heavy atom. The average molecular weight is 529 g/mol. The summed E-state index contributed by atoms with van der Waals surface area (Å²) >= 11 is 6.09. The maximum Gasteiger partial charge on any atom is 0.410 e. The first-order valence-corrected chi connectivity index (χ1v) is 14.7. The lowest BCUT2D eigenvalue weighted by atomic mass is 9.87. The molecule has 2 fully saturated rings. The van der Waals surface area contributed by atoms with Crippen LogP contribution in [0.2, 0.25) is 5.02 Å². The third-order valence-corrected chi connectivity index (χ3v) is 9.04. The fraction of sp³-hybridized carbons (Fsp3) is 0.731. The van der Waals surface area contributed by atoms with Crippen LogP contribution in [0.1, 0.15) is 72.6 Å². The number of nitrogens with zero attached hydrogens (tertiary/aromatic N) is 2. The molecule has 0 aliphatic carbocycles. The summed E-state index contributed by atoms with van der Waals surface area (Å²) in [6.07, 6.45) is 7.04. The average Bonchev–Trinajstić information content (AvgIpc) is 2.80. The Labute approximate surface area is 216 Å². The molecule has 2 aliphatic rings. The highest BCUT2D eigenvalue weighted by Crippen LogP contribution is 2.33. The molecule has 0 bridgehead atoms. The van der Waals surface area contributed by atoms with Crippen LogP contribution in [0.15, 0.2) is 23.1 Å². The number of halogens is 1. The monoisotopic (exact) mass is 528 g/mol. The summed E-state index contributed by atoms with van der Waals surface area (Å²) < 4.78 is 39.1. The van der Waals surface area contributed by atoms with Crippen molar-refractivity contribution >= 4 is 27.7 Å². The first kappa shape index (κ1) is 28.1. The van der Waals surface area contributed by atoms with E-state index in [1.54, 1.807) is 16.4 Å². The lowest BCUT2D eigenvalue weighted by Gasteiger charge is -2.34. The number of ether oxygens (including phenoxy) is 2. The Morgan fingerprint density at radius 1 is 1.03 bits per heavy atom. The van der Waals surface area contributed by atoms with Gasteiger partial charge in [0.2, 0.25) is 10.0 Å². The first-order chi connectivity index (χ1) is 16.5. The zero-order chi connectivity index (χ0) is 25.6. The van der Waals surface area contributed by atoms with Gasteiger partial charge >= 0.3 is 6.09 Å². The summed E-state index contributed by atoms with van der Waals surface area (Å²) in [5.41, 5.74) is -0.456. The SMILES string of the molecule is CCOc1ccc(Cl)cc1S(=O)(=O)N1CCC(CCCC2CCN(C(=O)OC(C)(C)C)CC2)CC1. The molecular formula is C26H41ClN2O5S. The Bertz CT molecular complexity index is 947. The number of amides is 1. The molecule has 0 spiro atoms. The minimum atomic E-state index is -3.64. The van der Waals surface area contributed by atoms with E-state index in [4.69, 9.17) is 21.1 Å². The van der Waals surface area contributed by atoms with Gasteiger partial charge in [-0.3, -0.25) is 0 Å². The zero-order valence-electron chi connectivity index (χ0n) is 21.6. The van der Waals surface area contributed by atoms with Gasteiger partial charge in [-0.05, 0) is 83.4 Å². The Balaban J connectivity index is 1.41. The minimum Gasteiger partial charge on any atom is -0.492 e. The van der Waals surface area contributed by atoms with Crippen LogP contribution >= 0.6 is 11.6 Å². The number of hydrogen-bond acceptors (Lipinski definition) is 5. The third-order valence-electron chi connectivity index (χ3n) is 6.89. The number of carbonyl (C=O) groups excluding carboxylic acids is 1. The van der Waals surface area contributed by atoms with Gasteiger partial charge in [0, 0.05) is 31.2 Å². The van der Waals surface area contributed by atoms with E-state index in [0.29, 0.717) is 42.3 Å². The second-order valence-corrected chi connectivity index (χ2v) is 13.1. The van der Waals surface area contributed by atoms with Crippen LogP contribution in [0.5, 0.6) is 5.75 Å². The molecule has 35 heavy (non-hydrogen) atoms. The van der Waals surface area contributed by atoms with Crippen molar-refractivity contribution in [2.24, 2.45) is 11.8 Å². The molecule has 1 aromatic carbocycles. The second-order valence-electron chi connectivity index (χ2n) is 10.7. The molecule has 1 aromatic rings. The number of sulfonamides is 1. The molecule has 0 unspecified atom stereocenters. The van der Waals surface area contributed by atoms with Gasteiger partial charge in [-0.2, -0.15) is 4.31 Å². The molecule has 9 heteroatoms. The summed E-state index contributed by atoms with van der Waals surface area (Å²) in [5, 5.41) is 0.388. The highest BCUT2D eigenvalue weighted by molar-refractivity contribution is 7.89. The first-order valence-electron chi connectivity index (χ1n) is 12.9. The van der Waals surface area contributed by atoms with Crippen LogP contribution in [0, 0.1) is 11.8 Å². The molecular weight excluding hydrogens is 488 g/mol. The Kier molecular flexibility index (Phi) is 9.75. The molecule has 0 N–H and O–H groups in total. The van der Waals surface area contributed by atoms with Crippen molar-refractivity contribution < 1.29 is 22.7 Å². The van der Waals surface area contributed by atoms with Crippen molar-refractivity contribution in [3.05, 3.63) is 23.2 Å². The van der Waals surface area contributed by atoms with Gasteiger partial charge in [0.1, 0.15) is 16.2 Å². The van der Waals surface area contributed by atoms with Crippen LogP contribution in [-0.4, -0.2) is 62.1 Å². The van der Waals surface area contributed by atoms with Gasteiger partial charge in [-0.25, -0.2) is 13.2 Å². The number of benzene rings is 1. The van der Waals surface area contributed by atoms with Crippen LogP contribution in [0.25, 0.3) is 0 Å². The molecule has 3 rings (SSSR count). The topological polar surface area (TPSA) is 76.2 Å². The van der Waals surface area contributed by atoms with Crippen molar-refractivity contribution in [3.63, 3.8) is 0 Å². The standard InChI is InChI=1S/C26H41ClN2O5S/c1-5-33-23-10-9-22(27)19-24(23)35(31,32)29-17-13-21(14-18-29)8-6-7-20-11-15-28(16-12-20)25(30)34-26(2,3)4/h9-10,19-21H,5-8,11-18H2,1-4H3. The van der Waals surface area contributed by atoms with E-state index in [1.165, 1.54) is 12.5 Å². The van der Waals surface area contributed by atoms with Crippen LogP contribution < -0.4 is 4.74 Å². The highest BCUT2D eigenvalue weighted by Gasteiger charge is 2.32. The van der Waals surface area contributed by atoms with E-state index < -0.39 is 15.6 Å². The van der Waals surface area contributed by atoms with Crippen molar-refractivity contribution in [2.45, 2.75) is 83.1 Å². The number of rotatable bonds is 8. The highest BCUT2D eigenvalue weighted by atomic mass is 35.5. The number of carbonyl (C=O) groups is 1.